The lowest BCUT2D eigenvalue weighted by Crippen LogP contribution is -2.50. The number of amides is 1. The Hall–Kier alpha value is -1.68. The van der Waals surface area contributed by atoms with E-state index in [-0.39, 0.29) is 19.1 Å². The van der Waals surface area contributed by atoms with E-state index in [0.29, 0.717) is 69.5 Å². The first-order chi connectivity index (χ1) is 24.7. The van der Waals surface area contributed by atoms with Crippen LogP contribution in [-0.2, 0) is 28.5 Å². The zero-order chi connectivity index (χ0) is 37.8. The fraction of sp³-hybridized carbons (Fsp3) is 0.907. The number of nitrogens with one attached hydrogen (secondary N) is 1. The molecular weight excluding hydrogens is 658 g/mol. The fourth-order valence-electron chi connectivity index (χ4n) is 11.1. The van der Waals surface area contributed by atoms with E-state index in [9.17, 15) is 9.59 Å². The summed E-state index contributed by atoms with van der Waals surface area (Å²) in [7, 11) is 0. The molecule has 0 aliphatic heterocycles. The quantitative estimate of drug-likeness (QED) is 0.0791. The number of fused-ring (bicyclic) bond motifs is 5. The molecular formula is C43H75NO8. The number of hydrogen-bond acceptors (Lipinski definition) is 7. The van der Waals surface area contributed by atoms with Crippen molar-refractivity contribution in [3.8, 4) is 0 Å². The van der Waals surface area contributed by atoms with Crippen LogP contribution in [0, 0.1) is 52.3 Å². The summed E-state index contributed by atoms with van der Waals surface area (Å²) in [5.74, 6) is 4.82. The third kappa shape index (κ3) is 12.2. The predicted molar refractivity (Wildman–Crippen MR) is 205 cm³/mol. The molecule has 4 aliphatic rings. The zero-order valence-electron chi connectivity index (χ0n) is 34.0. The number of carbonyl (C=O) groups is 2. The highest BCUT2D eigenvalue weighted by atomic mass is 16.6. The molecule has 3 fully saturated rings. The lowest BCUT2D eigenvalue weighted by Gasteiger charge is -2.59. The number of rotatable bonds is 23. The Bertz CT molecular complexity index is 1140. The molecule has 8 atom stereocenters. The second-order valence-electron chi connectivity index (χ2n) is 18.3. The van der Waals surface area contributed by atoms with E-state index >= 15 is 0 Å². The van der Waals surface area contributed by atoms with Crippen molar-refractivity contribution in [2.24, 2.45) is 52.3 Å². The van der Waals surface area contributed by atoms with Gasteiger partial charge in [0, 0.05) is 6.54 Å². The SMILES string of the molecule is CC(C)CCC[C@@H](C)[C@H]1CC[C@H]2[C@@H]3CC=C4CC(CC(C)(C)OC(=O)NCCOCCOCCOCCOCCC(=O)O)CC[C@]4(C)[C@H]3CC[C@]12C. The van der Waals surface area contributed by atoms with Gasteiger partial charge in [0.15, 0.2) is 0 Å². The van der Waals surface area contributed by atoms with Gasteiger partial charge in [0.25, 0.3) is 0 Å². The van der Waals surface area contributed by atoms with Crippen LogP contribution in [-0.4, -0.2) is 82.2 Å². The topological polar surface area (TPSA) is 113 Å². The molecule has 0 saturated heterocycles. The first-order valence-corrected chi connectivity index (χ1v) is 20.9. The number of alkyl carbamates (subject to hydrolysis) is 1. The minimum atomic E-state index is -0.872. The summed E-state index contributed by atoms with van der Waals surface area (Å²) >= 11 is 0. The number of allylic oxidation sites excluding steroid dienone is 2. The second kappa shape index (κ2) is 20.3. The highest BCUT2D eigenvalue weighted by Gasteiger charge is 2.59. The lowest BCUT2D eigenvalue weighted by molar-refractivity contribution is -0.138. The Labute approximate surface area is 316 Å². The molecule has 0 aromatic heterocycles. The van der Waals surface area contributed by atoms with Crippen molar-refractivity contribution in [3.63, 3.8) is 0 Å². The van der Waals surface area contributed by atoms with Crippen LogP contribution in [0.3, 0.4) is 0 Å². The van der Waals surface area contributed by atoms with Gasteiger partial charge in [-0.15, -0.1) is 0 Å². The number of ether oxygens (including phenoxy) is 5. The summed E-state index contributed by atoms with van der Waals surface area (Å²) in [4.78, 5) is 23.1. The molecule has 0 aromatic carbocycles. The predicted octanol–water partition coefficient (Wildman–Crippen LogP) is 9.08. The molecule has 1 amide bonds. The Morgan fingerprint density at radius 1 is 0.865 bits per heavy atom. The van der Waals surface area contributed by atoms with Gasteiger partial charge >= 0.3 is 12.1 Å². The average molecular weight is 734 g/mol. The Kier molecular flexibility index (Phi) is 16.8. The molecule has 4 aliphatic carbocycles. The van der Waals surface area contributed by atoms with Crippen molar-refractivity contribution in [1.82, 2.24) is 5.32 Å². The lowest BCUT2D eigenvalue weighted by atomic mass is 9.46. The molecule has 3 saturated carbocycles. The molecule has 0 heterocycles. The first-order valence-electron chi connectivity index (χ1n) is 20.9. The van der Waals surface area contributed by atoms with Gasteiger partial charge < -0.3 is 34.1 Å². The molecule has 2 N–H and O–H groups in total. The fourth-order valence-corrected chi connectivity index (χ4v) is 11.1. The standard InChI is InChI=1S/C43H75NO8/c1-31(2)9-8-10-32(3)36-13-14-37-35-12-11-34-29-33(15-18-42(34,6)38(35)16-19-43(36,37)7)30-41(4,5)52-40(47)44-20-22-49-24-26-51-28-27-50-25-23-48-21-17-39(45)46/h11,31-33,35-38H,8-10,12-30H2,1-7H3,(H,44,47)(H,45,46)/t32-,33?,35+,36-,37+,38+,42+,43-/m1/s1. The van der Waals surface area contributed by atoms with Crippen LogP contribution < -0.4 is 5.32 Å². The van der Waals surface area contributed by atoms with Crippen LogP contribution in [0.15, 0.2) is 11.6 Å². The third-order valence-corrected chi connectivity index (χ3v) is 13.6. The minimum absolute atomic E-state index is 0.00380. The van der Waals surface area contributed by atoms with E-state index in [0.717, 1.165) is 48.3 Å². The van der Waals surface area contributed by atoms with Crippen LogP contribution in [0.4, 0.5) is 4.79 Å². The summed E-state index contributed by atoms with van der Waals surface area (Å²) in [6.45, 7) is 20.2. The maximum atomic E-state index is 12.7. The number of carboxylic acids is 1. The molecule has 0 radical (unpaired) electrons. The van der Waals surface area contributed by atoms with Gasteiger partial charge in [-0.3, -0.25) is 4.79 Å². The average Bonchev–Trinajstić information content (AvgIpc) is 3.43. The van der Waals surface area contributed by atoms with E-state index in [1.165, 1.54) is 64.2 Å². The summed E-state index contributed by atoms with van der Waals surface area (Å²) < 4.78 is 27.5. The molecule has 300 valence electrons. The highest BCUT2D eigenvalue weighted by molar-refractivity contribution is 5.67. The van der Waals surface area contributed by atoms with Crippen molar-refractivity contribution >= 4 is 12.1 Å². The van der Waals surface area contributed by atoms with E-state index in [1.54, 1.807) is 5.57 Å². The zero-order valence-corrected chi connectivity index (χ0v) is 34.0. The van der Waals surface area contributed by atoms with Crippen molar-refractivity contribution < 1.29 is 38.4 Å². The molecule has 9 nitrogen and oxygen atoms in total. The third-order valence-electron chi connectivity index (χ3n) is 13.6. The second-order valence-corrected chi connectivity index (χ2v) is 18.3. The van der Waals surface area contributed by atoms with Crippen LogP contribution in [0.25, 0.3) is 0 Å². The van der Waals surface area contributed by atoms with Gasteiger partial charge in [-0.2, -0.15) is 0 Å². The molecule has 0 aromatic rings. The Morgan fingerprint density at radius 2 is 1.52 bits per heavy atom. The first kappa shape index (κ1) is 43.1. The van der Waals surface area contributed by atoms with Gasteiger partial charge in [-0.05, 0) is 124 Å². The summed E-state index contributed by atoms with van der Waals surface area (Å²) in [5.41, 5.74) is 2.04. The van der Waals surface area contributed by atoms with Gasteiger partial charge in [0.05, 0.1) is 59.3 Å². The van der Waals surface area contributed by atoms with E-state index in [4.69, 9.17) is 28.8 Å². The van der Waals surface area contributed by atoms with Crippen molar-refractivity contribution in [2.45, 2.75) is 138 Å². The van der Waals surface area contributed by atoms with Gasteiger partial charge in [-0.25, -0.2) is 4.79 Å². The summed E-state index contributed by atoms with van der Waals surface area (Å²) in [6.07, 6.45) is 18.0. The molecule has 52 heavy (non-hydrogen) atoms. The van der Waals surface area contributed by atoms with E-state index in [1.807, 2.05) is 0 Å². The van der Waals surface area contributed by atoms with Crippen LogP contribution in [0.2, 0.25) is 0 Å². The number of carbonyl (C=O) groups excluding carboxylic acids is 1. The van der Waals surface area contributed by atoms with Crippen molar-refractivity contribution in [2.75, 3.05) is 59.4 Å². The molecule has 0 bridgehead atoms. The van der Waals surface area contributed by atoms with Crippen LogP contribution in [0.1, 0.15) is 132 Å². The Balaban J connectivity index is 1.11. The largest absolute Gasteiger partial charge is 0.481 e. The monoisotopic (exact) mass is 734 g/mol. The van der Waals surface area contributed by atoms with Crippen molar-refractivity contribution in [3.05, 3.63) is 11.6 Å². The van der Waals surface area contributed by atoms with Crippen LogP contribution in [0.5, 0.6) is 0 Å². The van der Waals surface area contributed by atoms with Crippen LogP contribution >= 0.6 is 0 Å². The molecule has 1 unspecified atom stereocenters. The number of aliphatic carboxylic acids is 1. The van der Waals surface area contributed by atoms with E-state index in [2.05, 4.69) is 59.9 Å². The molecule has 4 rings (SSSR count). The van der Waals surface area contributed by atoms with Gasteiger partial charge in [0.1, 0.15) is 5.60 Å². The minimum Gasteiger partial charge on any atom is -0.481 e. The maximum absolute atomic E-state index is 12.7. The number of hydrogen-bond donors (Lipinski definition) is 2. The highest BCUT2D eigenvalue weighted by Crippen LogP contribution is 2.67. The van der Waals surface area contributed by atoms with Gasteiger partial charge in [-0.1, -0.05) is 65.5 Å². The smallest absolute Gasteiger partial charge is 0.407 e. The number of carboxylic acid groups (broad SMARTS) is 1. The summed E-state index contributed by atoms with van der Waals surface area (Å²) in [6, 6.07) is 0. The van der Waals surface area contributed by atoms with E-state index < -0.39 is 11.6 Å². The molecule has 0 spiro atoms. The summed E-state index contributed by atoms with van der Waals surface area (Å²) in [5, 5.41) is 11.4. The maximum Gasteiger partial charge on any atom is 0.407 e. The van der Waals surface area contributed by atoms with Crippen molar-refractivity contribution in [1.29, 1.82) is 0 Å². The molecule has 9 heteroatoms. The Morgan fingerprint density at radius 3 is 2.17 bits per heavy atom. The van der Waals surface area contributed by atoms with Gasteiger partial charge in [0.2, 0.25) is 0 Å². The normalized spacial score (nSPS) is 30.6.